The van der Waals surface area contributed by atoms with Crippen LogP contribution in [0, 0.1) is 0 Å². The molecule has 0 aromatic rings. The largest absolute Gasteiger partial charge is 0.469 e. The predicted octanol–water partition coefficient (Wildman–Crippen LogP) is 1.99. The molecule has 0 aliphatic heterocycles. The first-order valence-corrected chi connectivity index (χ1v) is 7.61. The molecule has 0 saturated carbocycles. The lowest BCUT2D eigenvalue weighted by molar-refractivity contribution is -0.155. The number of nitrogens with one attached hydrogen (secondary N) is 1. The van der Waals surface area contributed by atoms with E-state index in [1.165, 1.54) is 6.42 Å². The third-order valence-electron chi connectivity index (χ3n) is 2.42. The maximum Gasteiger partial charge on any atom is 0.408 e. The molecule has 0 heterocycles. The van der Waals surface area contributed by atoms with Crippen molar-refractivity contribution in [3.05, 3.63) is 0 Å². The van der Waals surface area contributed by atoms with Gasteiger partial charge in [0.15, 0.2) is 5.54 Å². The van der Waals surface area contributed by atoms with Crippen molar-refractivity contribution in [2.45, 2.75) is 65.0 Å². The maximum atomic E-state index is 11.9. The van der Waals surface area contributed by atoms with Crippen LogP contribution in [0.25, 0.3) is 0 Å². The predicted molar refractivity (Wildman–Crippen MR) is 87.4 cm³/mol. The Bertz CT molecular complexity index is 429. The van der Waals surface area contributed by atoms with Gasteiger partial charge in [-0.2, -0.15) is 0 Å². The smallest absolute Gasteiger partial charge is 0.408 e. The van der Waals surface area contributed by atoms with E-state index in [4.69, 9.17) is 4.74 Å². The number of hydrogen-bond donors (Lipinski definition) is 1. The molecular weight excluding hydrogens is 318 g/mol. The Kier molecular flexibility index (Phi) is 11.5. The summed E-state index contributed by atoms with van der Waals surface area (Å²) in [4.78, 5) is 46.0. The molecule has 0 aromatic carbocycles. The topological polar surface area (TPSA) is 108 Å². The van der Waals surface area contributed by atoms with Gasteiger partial charge in [0.1, 0.15) is 11.9 Å². The van der Waals surface area contributed by atoms with Gasteiger partial charge in [0.05, 0.1) is 20.6 Å². The fourth-order valence-electron chi connectivity index (χ4n) is 1.53. The fraction of sp³-hybridized carbons (Fsp3) is 0.750. The number of hydrogen-bond acceptors (Lipinski definition) is 7. The van der Waals surface area contributed by atoms with Gasteiger partial charge < -0.3 is 24.3 Å². The molecule has 0 fully saturated rings. The van der Waals surface area contributed by atoms with Gasteiger partial charge in [0.25, 0.3) is 0 Å². The molecule has 0 spiro atoms. The second kappa shape index (κ2) is 11.4. The fourth-order valence-corrected chi connectivity index (χ4v) is 1.53. The highest BCUT2D eigenvalue weighted by molar-refractivity contribution is 5.92. The van der Waals surface area contributed by atoms with E-state index in [1.54, 1.807) is 20.8 Å². The first kappa shape index (κ1) is 24.1. The molecule has 140 valence electrons. The summed E-state index contributed by atoms with van der Waals surface area (Å²) in [6, 6.07) is 0. The first-order chi connectivity index (χ1) is 11.0. The Morgan fingerprint density at radius 1 is 1.04 bits per heavy atom. The third-order valence-corrected chi connectivity index (χ3v) is 2.42. The van der Waals surface area contributed by atoms with Crippen LogP contribution in [-0.4, -0.2) is 49.7 Å². The molecule has 0 saturated heterocycles. The Hall–Kier alpha value is -2.12. The quantitative estimate of drug-likeness (QED) is 0.444. The summed E-state index contributed by atoms with van der Waals surface area (Å²) in [5.41, 5.74) is -2.66. The lowest BCUT2D eigenvalue weighted by atomic mass is 9.92. The minimum Gasteiger partial charge on any atom is -0.469 e. The lowest BCUT2D eigenvalue weighted by Gasteiger charge is -2.30. The molecule has 0 rings (SSSR count). The first-order valence-electron chi connectivity index (χ1n) is 7.61. The minimum absolute atomic E-state index is 0.400. The summed E-state index contributed by atoms with van der Waals surface area (Å²) >= 11 is 0. The van der Waals surface area contributed by atoms with E-state index in [2.05, 4.69) is 28.6 Å². The van der Waals surface area contributed by atoms with E-state index in [1.807, 2.05) is 0 Å². The highest BCUT2D eigenvalue weighted by Gasteiger charge is 2.44. The van der Waals surface area contributed by atoms with Gasteiger partial charge in [-0.1, -0.05) is 20.3 Å². The van der Waals surface area contributed by atoms with Crippen LogP contribution in [0.5, 0.6) is 0 Å². The molecule has 1 N–H and O–H groups in total. The molecule has 0 aliphatic rings. The van der Waals surface area contributed by atoms with Crippen molar-refractivity contribution in [2.24, 2.45) is 0 Å². The Morgan fingerprint density at radius 3 is 1.88 bits per heavy atom. The number of amides is 1. The van der Waals surface area contributed by atoms with Crippen molar-refractivity contribution in [1.29, 1.82) is 0 Å². The van der Waals surface area contributed by atoms with Crippen LogP contribution >= 0.6 is 0 Å². The van der Waals surface area contributed by atoms with Crippen molar-refractivity contribution in [3.8, 4) is 0 Å². The highest BCUT2D eigenvalue weighted by Crippen LogP contribution is 2.19. The zero-order chi connectivity index (χ0) is 19.4. The van der Waals surface area contributed by atoms with E-state index in [0.717, 1.165) is 14.2 Å². The van der Waals surface area contributed by atoms with Gasteiger partial charge in [0, 0.05) is 6.42 Å². The Balaban J connectivity index is 0. The van der Waals surface area contributed by atoms with Gasteiger partial charge in [-0.15, -0.1) is 0 Å². The second-order valence-corrected chi connectivity index (χ2v) is 6.03. The molecule has 24 heavy (non-hydrogen) atoms. The number of methoxy groups -OCH3 is 2. The molecular formula is C16H29NO7. The molecule has 0 aromatic heterocycles. The van der Waals surface area contributed by atoms with Crippen molar-refractivity contribution in [2.75, 3.05) is 14.2 Å². The summed E-state index contributed by atoms with van der Waals surface area (Å²) in [5.74, 6) is -1.72. The van der Waals surface area contributed by atoms with Gasteiger partial charge in [0.2, 0.25) is 0 Å². The summed E-state index contributed by atoms with van der Waals surface area (Å²) in [6.07, 6.45) is -0.294. The van der Waals surface area contributed by atoms with Crippen LogP contribution in [0.1, 0.15) is 53.9 Å². The molecule has 0 aliphatic carbocycles. The van der Waals surface area contributed by atoms with E-state index >= 15 is 0 Å². The Labute approximate surface area is 143 Å². The second-order valence-electron chi connectivity index (χ2n) is 6.03. The normalized spacial score (nSPS) is 12.6. The molecule has 1 amide bonds. The SMILES string of the molecule is CCC.COC(=O)CC(CC=O)(NC(=O)OC(C)(C)C)C(=O)OC. The van der Waals surface area contributed by atoms with Gasteiger partial charge in [-0.25, -0.2) is 9.59 Å². The number of carbonyl (C=O) groups is 4. The van der Waals surface area contributed by atoms with E-state index < -0.39 is 42.0 Å². The van der Waals surface area contributed by atoms with Crippen LogP contribution in [0.4, 0.5) is 4.79 Å². The van der Waals surface area contributed by atoms with Gasteiger partial charge in [-0.3, -0.25) is 4.79 Å². The minimum atomic E-state index is -1.86. The highest BCUT2D eigenvalue weighted by atomic mass is 16.6. The van der Waals surface area contributed by atoms with Crippen molar-refractivity contribution >= 4 is 24.3 Å². The summed E-state index contributed by atoms with van der Waals surface area (Å²) < 4.78 is 14.1. The number of alkyl carbamates (subject to hydrolysis) is 1. The van der Waals surface area contributed by atoms with Crippen molar-refractivity contribution in [1.82, 2.24) is 5.32 Å². The monoisotopic (exact) mass is 347 g/mol. The van der Waals surface area contributed by atoms with Gasteiger partial charge >= 0.3 is 18.0 Å². The van der Waals surface area contributed by atoms with Gasteiger partial charge in [-0.05, 0) is 20.8 Å². The van der Waals surface area contributed by atoms with E-state index in [0.29, 0.717) is 6.29 Å². The molecule has 8 heteroatoms. The van der Waals surface area contributed by atoms with E-state index in [-0.39, 0.29) is 0 Å². The van der Waals surface area contributed by atoms with E-state index in [9.17, 15) is 19.2 Å². The Morgan fingerprint density at radius 2 is 1.54 bits per heavy atom. The third kappa shape index (κ3) is 9.81. The van der Waals surface area contributed by atoms with Crippen LogP contribution in [0.15, 0.2) is 0 Å². The molecule has 0 radical (unpaired) electrons. The van der Waals surface area contributed by atoms with Crippen LogP contribution in [0.2, 0.25) is 0 Å². The zero-order valence-electron chi connectivity index (χ0n) is 15.6. The van der Waals surface area contributed by atoms with Crippen LogP contribution < -0.4 is 5.32 Å². The summed E-state index contributed by atoms with van der Waals surface area (Å²) in [5, 5.41) is 2.24. The maximum absolute atomic E-state index is 11.9. The summed E-state index contributed by atoms with van der Waals surface area (Å²) in [7, 11) is 2.20. The number of ether oxygens (including phenoxy) is 3. The number of aldehydes is 1. The molecule has 1 atom stereocenters. The number of carbonyl (C=O) groups excluding carboxylic acids is 4. The molecule has 1 unspecified atom stereocenters. The lowest BCUT2D eigenvalue weighted by Crippen LogP contribution is -2.57. The van der Waals surface area contributed by atoms with Crippen LogP contribution in [-0.2, 0) is 28.6 Å². The zero-order valence-corrected chi connectivity index (χ0v) is 15.6. The summed E-state index contributed by atoms with van der Waals surface area (Å²) in [6.45, 7) is 9.14. The van der Waals surface area contributed by atoms with Crippen molar-refractivity contribution < 1.29 is 33.4 Å². The molecule has 8 nitrogen and oxygen atoms in total. The average molecular weight is 347 g/mol. The van der Waals surface area contributed by atoms with Crippen molar-refractivity contribution in [3.63, 3.8) is 0 Å². The standard InChI is InChI=1S/C13H21NO7.C3H8/c1-12(2,3)21-11(18)14-13(6-7-15,10(17)20-5)8-9(16)19-4;1-3-2/h7H,6,8H2,1-5H3,(H,14,18);3H2,1-2H3. The number of rotatable bonds is 6. The van der Waals surface area contributed by atoms with Crippen LogP contribution in [0.3, 0.4) is 0 Å². The number of esters is 2. The molecule has 0 bridgehead atoms. The average Bonchev–Trinajstić information content (AvgIpc) is 2.44.